The summed E-state index contributed by atoms with van der Waals surface area (Å²) in [6.45, 7) is 0. The zero-order chi connectivity index (χ0) is 19.7. The number of carbonyl (C=O) groups excluding carboxylic acids is 1. The van der Waals surface area contributed by atoms with Crippen LogP contribution in [0.15, 0.2) is 59.1 Å². The first kappa shape index (κ1) is 18.8. The van der Waals surface area contributed by atoms with Crippen LogP contribution in [-0.2, 0) is 16.3 Å². The van der Waals surface area contributed by atoms with Crippen LogP contribution in [0.25, 0.3) is 0 Å². The van der Waals surface area contributed by atoms with E-state index in [-0.39, 0.29) is 16.8 Å². The van der Waals surface area contributed by atoms with Crippen molar-refractivity contribution in [3.8, 4) is 0 Å². The molecule has 28 heavy (non-hydrogen) atoms. The van der Waals surface area contributed by atoms with Gasteiger partial charge in [-0.2, -0.15) is 0 Å². The van der Waals surface area contributed by atoms with Crippen molar-refractivity contribution in [3.05, 3.63) is 71.0 Å². The van der Waals surface area contributed by atoms with Crippen molar-refractivity contribution in [2.75, 3.05) is 11.2 Å². The van der Waals surface area contributed by atoms with Gasteiger partial charge in [0.15, 0.2) is 15.0 Å². The summed E-state index contributed by atoms with van der Waals surface area (Å²) in [5.74, 6) is -0.210. The quantitative estimate of drug-likeness (QED) is 0.652. The van der Waals surface area contributed by atoms with E-state index in [1.807, 2.05) is 11.4 Å². The summed E-state index contributed by atoms with van der Waals surface area (Å²) >= 11 is 1.40. The highest BCUT2D eigenvalue weighted by molar-refractivity contribution is 7.90. The first-order valence-corrected chi connectivity index (χ1v) is 11.7. The van der Waals surface area contributed by atoms with E-state index in [4.69, 9.17) is 0 Å². The lowest BCUT2D eigenvalue weighted by Crippen LogP contribution is -2.37. The average Bonchev–Trinajstić information content (AvgIpc) is 3.22. The summed E-state index contributed by atoms with van der Waals surface area (Å²) < 4.78 is 23.4. The highest BCUT2D eigenvalue weighted by atomic mass is 32.2. The fraction of sp³-hybridized carbons (Fsp3) is 0.250. The molecule has 0 saturated heterocycles. The van der Waals surface area contributed by atoms with E-state index >= 15 is 0 Å². The minimum atomic E-state index is -3.31. The SMILES string of the molecule is CS(=O)(=O)c1ccc(C(=O)N(c2nccs2)[C@H]2CCCc3cccnc32)cc1. The summed E-state index contributed by atoms with van der Waals surface area (Å²) in [7, 11) is -3.31. The van der Waals surface area contributed by atoms with Crippen molar-refractivity contribution in [1.82, 2.24) is 9.97 Å². The highest BCUT2D eigenvalue weighted by Crippen LogP contribution is 2.37. The number of amides is 1. The third-order valence-electron chi connectivity index (χ3n) is 4.85. The van der Waals surface area contributed by atoms with Crippen LogP contribution < -0.4 is 4.90 Å². The first-order valence-electron chi connectivity index (χ1n) is 8.92. The lowest BCUT2D eigenvalue weighted by Gasteiger charge is -2.33. The number of nitrogens with zero attached hydrogens (tertiary/aromatic N) is 3. The Bertz CT molecular complexity index is 1090. The summed E-state index contributed by atoms with van der Waals surface area (Å²) in [5, 5.41) is 2.45. The maximum Gasteiger partial charge on any atom is 0.260 e. The van der Waals surface area contributed by atoms with Gasteiger partial charge in [-0.25, -0.2) is 13.4 Å². The predicted octanol–water partition coefficient (Wildman–Crippen LogP) is 3.67. The fourth-order valence-corrected chi connectivity index (χ4v) is 4.84. The zero-order valence-corrected chi connectivity index (χ0v) is 16.9. The molecule has 0 saturated carbocycles. The number of pyridine rings is 1. The number of thiazole rings is 1. The van der Waals surface area contributed by atoms with Gasteiger partial charge in [0.2, 0.25) is 0 Å². The van der Waals surface area contributed by atoms with Gasteiger partial charge in [0.05, 0.1) is 16.6 Å². The van der Waals surface area contributed by atoms with Gasteiger partial charge in [0.1, 0.15) is 0 Å². The van der Waals surface area contributed by atoms with E-state index in [1.54, 1.807) is 29.4 Å². The molecule has 1 aliphatic carbocycles. The Balaban J connectivity index is 1.75. The number of hydrogen-bond acceptors (Lipinski definition) is 6. The Kier molecular flexibility index (Phi) is 4.99. The van der Waals surface area contributed by atoms with Gasteiger partial charge in [0, 0.05) is 29.6 Å². The predicted molar refractivity (Wildman–Crippen MR) is 108 cm³/mol. The number of rotatable bonds is 4. The first-order chi connectivity index (χ1) is 13.4. The number of fused-ring (bicyclic) bond motifs is 1. The minimum absolute atomic E-state index is 0.189. The van der Waals surface area contributed by atoms with Crippen LogP contribution in [0, 0.1) is 0 Å². The molecule has 2 aromatic heterocycles. The Morgan fingerprint density at radius 3 is 2.61 bits per heavy atom. The summed E-state index contributed by atoms with van der Waals surface area (Å²) in [4.78, 5) is 24.2. The van der Waals surface area contributed by atoms with Crippen molar-refractivity contribution < 1.29 is 13.2 Å². The lowest BCUT2D eigenvalue weighted by atomic mass is 9.90. The molecule has 1 amide bonds. The number of aromatic nitrogens is 2. The van der Waals surface area contributed by atoms with Crippen LogP contribution in [0.4, 0.5) is 5.13 Å². The second kappa shape index (κ2) is 7.44. The third kappa shape index (κ3) is 3.57. The van der Waals surface area contributed by atoms with Crippen molar-refractivity contribution in [3.63, 3.8) is 0 Å². The van der Waals surface area contributed by atoms with E-state index in [0.717, 1.165) is 36.8 Å². The average molecular weight is 414 g/mol. The smallest absolute Gasteiger partial charge is 0.260 e. The van der Waals surface area contributed by atoms with Crippen LogP contribution in [-0.4, -0.2) is 30.5 Å². The molecule has 0 aliphatic heterocycles. The minimum Gasteiger partial charge on any atom is -0.275 e. The normalized spacial score (nSPS) is 16.4. The van der Waals surface area contributed by atoms with Crippen molar-refractivity contribution in [2.24, 2.45) is 0 Å². The topological polar surface area (TPSA) is 80.2 Å². The van der Waals surface area contributed by atoms with Gasteiger partial charge < -0.3 is 0 Å². The van der Waals surface area contributed by atoms with Gasteiger partial charge in [0.25, 0.3) is 5.91 Å². The molecule has 6 nitrogen and oxygen atoms in total. The van der Waals surface area contributed by atoms with E-state index in [9.17, 15) is 13.2 Å². The van der Waals surface area contributed by atoms with Crippen molar-refractivity contribution in [2.45, 2.75) is 30.2 Å². The van der Waals surface area contributed by atoms with E-state index in [1.165, 1.54) is 23.5 Å². The molecular weight excluding hydrogens is 394 g/mol. The monoisotopic (exact) mass is 413 g/mol. The second-order valence-corrected chi connectivity index (χ2v) is 9.63. The molecule has 0 radical (unpaired) electrons. The molecule has 0 bridgehead atoms. The third-order valence-corrected chi connectivity index (χ3v) is 6.75. The van der Waals surface area contributed by atoms with E-state index in [2.05, 4.69) is 16.0 Å². The van der Waals surface area contributed by atoms with Crippen LogP contribution in [0.2, 0.25) is 0 Å². The summed E-state index contributed by atoms with van der Waals surface area (Å²) in [6.07, 6.45) is 7.29. The van der Waals surface area contributed by atoms with Crippen LogP contribution >= 0.6 is 11.3 Å². The molecule has 2 heterocycles. The Hall–Kier alpha value is -2.58. The lowest BCUT2D eigenvalue weighted by molar-refractivity contribution is 0.0973. The number of hydrogen-bond donors (Lipinski definition) is 0. The molecule has 1 atom stereocenters. The number of aryl methyl sites for hydroxylation is 1. The Labute approximate surface area is 167 Å². The van der Waals surface area contributed by atoms with Crippen LogP contribution in [0.3, 0.4) is 0 Å². The van der Waals surface area contributed by atoms with Crippen molar-refractivity contribution >= 4 is 32.2 Å². The van der Waals surface area contributed by atoms with Gasteiger partial charge in [-0.3, -0.25) is 14.7 Å². The van der Waals surface area contributed by atoms with Crippen molar-refractivity contribution in [1.29, 1.82) is 0 Å². The van der Waals surface area contributed by atoms with Crippen LogP contribution in [0.1, 0.15) is 40.5 Å². The Morgan fingerprint density at radius 2 is 1.93 bits per heavy atom. The molecular formula is C20H19N3O3S2. The van der Waals surface area contributed by atoms with Gasteiger partial charge in [-0.15, -0.1) is 11.3 Å². The van der Waals surface area contributed by atoms with Gasteiger partial charge in [-0.05, 0) is 55.2 Å². The molecule has 0 fully saturated rings. The fourth-order valence-electron chi connectivity index (χ4n) is 3.52. The molecule has 8 heteroatoms. The van der Waals surface area contributed by atoms with Gasteiger partial charge in [-0.1, -0.05) is 6.07 Å². The summed E-state index contributed by atoms with van der Waals surface area (Å²) in [6, 6.07) is 9.83. The maximum absolute atomic E-state index is 13.4. The molecule has 0 N–H and O–H groups in total. The van der Waals surface area contributed by atoms with E-state index < -0.39 is 9.84 Å². The number of sulfone groups is 1. The molecule has 3 aromatic rings. The second-order valence-electron chi connectivity index (χ2n) is 6.74. The molecule has 144 valence electrons. The molecule has 4 rings (SSSR count). The standard InChI is InChI=1S/C20H19N3O3S2/c1-28(25,26)16-9-7-15(8-10-16)19(24)23(20-22-12-13-27-20)17-6-2-4-14-5-3-11-21-18(14)17/h3,5,7-13,17H,2,4,6H2,1H3/t17-/m0/s1. The van der Waals surface area contributed by atoms with E-state index in [0.29, 0.717) is 10.7 Å². The van der Waals surface area contributed by atoms with Crippen LogP contribution in [0.5, 0.6) is 0 Å². The number of carbonyl (C=O) groups is 1. The zero-order valence-electron chi connectivity index (χ0n) is 15.3. The maximum atomic E-state index is 13.4. The Morgan fingerprint density at radius 1 is 1.14 bits per heavy atom. The largest absolute Gasteiger partial charge is 0.275 e. The number of anilines is 1. The number of benzene rings is 1. The summed E-state index contributed by atoms with van der Waals surface area (Å²) in [5.41, 5.74) is 2.48. The van der Waals surface area contributed by atoms with Gasteiger partial charge >= 0.3 is 0 Å². The molecule has 0 spiro atoms. The molecule has 1 aromatic carbocycles. The molecule has 1 aliphatic rings. The highest BCUT2D eigenvalue weighted by Gasteiger charge is 2.33. The molecule has 0 unspecified atom stereocenters.